The van der Waals surface area contributed by atoms with Gasteiger partial charge in [-0.25, -0.2) is 9.78 Å². The summed E-state index contributed by atoms with van der Waals surface area (Å²) in [5.74, 6) is -0.351. The summed E-state index contributed by atoms with van der Waals surface area (Å²) in [6.45, 7) is 0. The highest BCUT2D eigenvalue weighted by Gasteiger charge is 2.05. The zero-order chi connectivity index (χ0) is 12.3. The van der Waals surface area contributed by atoms with Gasteiger partial charge in [-0.05, 0) is 24.3 Å². The maximum atomic E-state index is 11.3. The molecule has 0 aliphatic heterocycles. The number of carbonyl (C=O) groups is 1. The Hall–Kier alpha value is -1.87. The van der Waals surface area contributed by atoms with Crippen LogP contribution in [0.1, 0.15) is 10.4 Å². The van der Waals surface area contributed by atoms with Crippen molar-refractivity contribution in [3.05, 3.63) is 53.2 Å². The number of halogens is 1. The van der Waals surface area contributed by atoms with E-state index in [1.54, 1.807) is 18.2 Å². The highest BCUT2D eigenvalue weighted by molar-refractivity contribution is 6.29. The summed E-state index contributed by atoms with van der Waals surface area (Å²) in [4.78, 5) is 15.4. The predicted molar refractivity (Wildman–Crippen MR) is 66.0 cm³/mol. The van der Waals surface area contributed by atoms with E-state index in [0.29, 0.717) is 10.7 Å². The van der Waals surface area contributed by atoms with Crippen LogP contribution in [0, 0.1) is 0 Å². The smallest absolute Gasteiger partial charge is 0.337 e. The van der Waals surface area contributed by atoms with Gasteiger partial charge in [-0.15, -0.1) is 0 Å². The number of esters is 1. The van der Waals surface area contributed by atoms with Gasteiger partial charge in [-0.3, -0.25) is 0 Å². The largest absolute Gasteiger partial charge is 0.465 e. The fourth-order valence-electron chi connectivity index (χ4n) is 1.46. The van der Waals surface area contributed by atoms with E-state index in [-0.39, 0.29) is 5.97 Å². The topological polar surface area (TPSA) is 39.2 Å². The summed E-state index contributed by atoms with van der Waals surface area (Å²) in [6.07, 6.45) is 0. The fraction of sp³-hybridized carbons (Fsp3) is 0.0769. The maximum Gasteiger partial charge on any atom is 0.337 e. The van der Waals surface area contributed by atoms with Crippen molar-refractivity contribution in [2.45, 2.75) is 0 Å². The van der Waals surface area contributed by atoms with Crippen LogP contribution in [-0.4, -0.2) is 18.1 Å². The Morgan fingerprint density at radius 3 is 2.47 bits per heavy atom. The van der Waals surface area contributed by atoms with Crippen LogP contribution in [0.2, 0.25) is 5.15 Å². The molecule has 0 fully saturated rings. The van der Waals surface area contributed by atoms with Crippen molar-refractivity contribution < 1.29 is 9.53 Å². The highest BCUT2D eigenvalue weighted by Crippen LogP contribution is 2.19. The molecule has 1 aromatic heterocycles. The van der Waals surface area contributed by atoms with Gasteiger partial charge < -0.3 is 4.74 Å². The van der Waals surface area contributed by atoms with Gasteiger partial charge in [0.2, 0.25) is 0 Å². The molecule has 0 aliphatic carbocycles. The number of methoxy groups -OCH3 is 1. The lowest BCUT2D eigenvalue weighted by Gasteiger charge is -2.03. The minimum Gasteiger partial charge on any atom is -0.465 e. The minimum atomic E-state index is -0.351. The summed E-state index contributed by atoms with van der Waals surface area (Å²) < 4.78 is 4.63. The first kappa shape index (κ1) is 11.6. The highest BCUT2D eigenvalue weighted by atomic mass is 35.5. The molecular weight excluding hydrogens is 238 g/mol. The van der Waals surface area contributed by atoms with Gasteiger partial charge in [0.1, 0.15) is 5.15 Å². The third-order valence-electron chi connectivity index (χ3n) is 2.32. The van der Waals surface area contributed by atoms with Gasteiger partial charge >= 0.3 is 5.97 Å². The van der Waals surface area contributed by atoms with Gasteiger partial charge in [-0.2, -0.15) is 0 Å². The molecule has 0 N–H and O–H groups in total. The molecule has 0 atom stereocenters. The van der Waals surface area contributed by atoms with Crippen LogP contribution in [0.3, 0.4) is 0 Å². The monoisotopic (exact) mass is 247 g/mol. The molecule has 3 nitrogen and oxygen atoms in total. The molecule has 0 amide bonds. The van der Waals surface area contributed by atoms with Crippen LogP contribution < -0.4 is 0 Å². The summed E-state index contributed by atoms with van der Waals surface area (Å²) in [5.41, 5.74) is 2.19. The SMILES string of the molecule is COC(=O)c1ccc(-c2cccc(Cl)n2)cc1. The number of carbonyl (C=O) groups excluding carboxylic acids is 1. The Labute approximate surface area is 104 Å². The molecule has 2 aromatic rings. The second-order valence-corrected chi connectivity index (χ2v) is 3.80. The van der Waals surface area contributed by atoms with E-state index in [9.17, 15) is 4.79 Å². The van der Waals surface area contributed by atoms with Crippen LogP contribution in [0.5, 0.6) is 0 Å². The quantitative estimate of drug-likeness (QED) is 0.604. The number of benzene rings is 1. The molecule has 17 heavy (non-hydrogen) atoms. The van der Waals surface area contributed by atoms with Gasteiger partial charge in [0.05, 0.1) is 18.4 Å². The molecule has 0 radical (unpaired) electrons. The molecule has 0 bridgehead atoms. The zero-order valence-electron chi connectivity index (χ0n) is 9.18. The summed E-state index contributed by atoms with van der Waals surface area (Å²) in [6, 6.07) is 12.4. The van der Waals surface area contributed by atoms with E-state index in [4.69, 9.17) is 11.6 Å². The average Bonchev–Trinajstić information content (AvgIpc) is 2.38. The number of rotatable bonds is 2. The van der Waals surface area contributed by atoms with Crippen molar-refractivity contribution in [3.63, 3.8) is 0 Å². The first-order valence-corrected chi connectivity index (χ1v) is 5.40. The fourth-order valence-corrected chi connectivity index (χ4v) is 1.63. The Bertz CT molecular complexity index is 537. The molecule has 0 saturated heterocycles. The molecule has 86 valence electrons. The van der Waals surface area contributed by atoms with Crippen molar-refractivity contribution in [2.75, 3.05) is 7.11 Å². The second-order valence-electron chi connectivity index (χ2n) is 3.41. The number of hydrogen-bond donors (Lipinski definition) is 0. The van der Waals surface area contributed by atoms with Crippen molar-refractivity contribution in [3.8, 4) is 11.3 Å². The summed E-state index contributed by atoms with van der Waals surface area (Å²) in [5, 5.41) is 0.444. The van der Waals surface area contributed by atoms with Crippen LogP contribution in [0.4, 0.5) is 0 Å². The van der Waals surface area contributed by atoms with E-state index in [2.05, 4.69) is 9.72 Å². The second kappa shape index (κ2) is 4.97. The zero-order valence-corrected chi connectivity index (χ0v) is 9.94. The number of aromatic nitrogens is 1. The molecular formula is C13H10ClNO2. The molecule has 4 heteroatoms. The van der Waals surface area contributed by atoms with Gasteiger partial charge in [-0.1, -0.05) is 29.8 Å². The lowest BCUT2D eigenvalue weighted by Crippen LogP contribution is -2.00. The molecule has 1 heterocycles. The van der Waals surface area contributed by atoms with Crippen molar-refractivity contribution in [1.29, 1.82) is 0 Å². The van der Waals surface area contributed by atoms with Gasteiger partial charge in [0.25, 0.3) is 0 Å². The molecule has 0 unspecified atom stereocenters. The van der Waals surface area contributed by atoms with Crippen LogP contribution in [0.15, 0.2) is 42.5 Å². The Kier molecular flexibility index (Phi) is 3.40. The van der Waals surface area contributed by atoms with E-state index < -0.39 is 0 Å². The standard InChI is InChI=1S/C13H10ClNO2/c1-17-13(16)10-7-5-9(6-8-10)11-3-2-4-12(14)15-11/h2-8H,1H3. The van der Waals surface area contributed by atoms with E-state index in [1.807, 2.05) is 24.3 Å². The Morgan fingerprint density at radius 2 is 1.88 bits per heavy atom. The molecule has 0 aliphatic rings. The molecule has 1 aromatic carbocycles. The number of nitrogens with zero attached hydrogens (tertiary/aromatic N) is 1. The predicted octanol–water partition coefficient (Wildman–Crippen LogP) is 3.19. The molecule has 0 spiro atoms. The first-order valence-electron chi connectivity index (χ1n) is 5.02. The van der Waals surface area contributed by atoms with Crippen molar-refractivity contribution >= 4 is 17.6 Å². The van der Waals surface area contributed by atoms with Gasteiger partial charge in [0, 0.05) is 5.56 Å². The average molecular weight is 248 g/mol. The molecule has 2 rings (SSSR count). The maximum absolute atomic E-state index is 11.3. The summed E-state index contributed by atoms with van der Waals surface area (Å²) >= 11 is 5.81. The number of ether oxygens (including phenoxy) is 1. The lowest BCUT2D eigenvalue weighted by atomic mass is 10.1. The number of pyridine rings is 1. The van der Waals surface area contributed by atoms with E-state index >= 15 is 0 Å². The lowest BCUT2D eigenvalue weighted by molar-refractivity contribution is 0.0601. The van der Waals surface area contributed by atoms with Gasteiger partial charge in [0.15, 0.2) is 0 Å². The van der Waals surface area contributed by atoms with Crippen LogP contribution in [-0.2, 0) is 4.74 Å². The summed E-state index contributed by atoms with van der Waals surface area (Å²) in [7, 11) is 1.36. The first-order chi connectivity index (χ1) is 8.20. The van der Waals surface area contributed by atoms with E-state index in [0.717, 1.165) is 11.3 Å². The van der Waals surface area contributed by atoms with Crippen LogP contribution >= 0.6 is 11.6 Å². The minimum absolute atomic E-state index is 0.351. The Morgan fingerprint density at radius 1 is 1.18 bits per heavy atom. The normalized spacial score (nSPS) is 10.0. The van der Waals surface area contributed by atoms with Crippen LogP contribution in [0.25, 0.3) is 11.3 Å². The molecule has 0 saturated carbocycles. The van der Waals surface area contributed by atoms with Crippen molar-refractivity contribution in [1.82, 2.24) is 4.98 Å². The third kappa shape index (κ3) is 2.63. The van der Waals surface area contributed by atoms with Crippen molar-refractivity contribution in [2.24, 2.45) is 0 Å². The Balaban J connectivity index is 2.32. The number of hydrogen-bond acceptors (Lipinski definition) is 3. The third-order valence-corrected chi connectivity index (χ3v) is 2.53. The van der Waals surface area contributed by atoms with E-state index in [1.165, 1.54) is 7.11 Å².